The van der Waals surface area contributed by atoms with Crippen molar-refractivity contribution in [2.45, 2.75) is 26.7 Å². The molecule has 6 heteroatoms. The number of ether oxygens (including phenoxy) is 1. The summed E-state index contributed by atoms with van der Waals surface area (Å²) >= 11 is 0. The zero-order valence-corrected chi connectivity index (χ0v) is 14.9. The van der Waals surface area contributed by atoms with Crippen LogP contribution in [0.15, 0.2) is 42.5 Å². The van der Waals surface area contributed by atoms with Crippen LogP contribution in [0.5, 0.6) is 0 Å². The van der Waals surface area contributed by atoms with Crippen molar-refractivity contribution in [3.05, 3.63) is 53.6 Å². The fourth-order valence-electron chi connectivity index (χ4n) is 2.56. The molecule has 26 heavy (non-hydrogen) atoms. The van der Waals surface area contributed by atoms with Crippen molar-refractivity contribution < 1.29 is 14.3 Å². The van der Waals surface area contributed by atoms with Crippen LogP contribution >= 0.6 is 0 Å². The van der Waals surface area contributed by atoms with Crippen molar-refractivity contribution in [1.82, 2.24) is 15.0 Å². The molecule has 1 atom stereocenters. The van der Waals surface area contributed by atoms with Crippen LogP contribution in [0.2, 0.25) is 0 Å². The highest BCUT2D eigenvalue weighted by atomic mass is 16.5. The van der Waals surface area contributed by atoms with Crippen LogP contribution in [-0.4, -0.2) is 33.9 Å². The second-order valence-electron chi connectivity index (χ2n) is 6.22. The first-order chi connectivity index (χ1) is 12.6. The van der Waals surface area contributed by atoms with E-state index in [9.17, 15) is 9.59 Å². The molecule has 3 rings (SSSR count). The molecule has 0 spiro atoms. The smallest absolute Gasteiger partial charge is 0.308 e. The number of rotatable bonds is 7. The Morgan fingerprint density at radius 1 is 1.19 bits per heavy atom. The van der Waals surface area contributed by atoms with Gasteiger partial charge in [0.25, 0.3) is 0 Å². The number of hydrogen-bond acceptors (Lipinski definition) is 5. The lowest BCUT2D eigenvalue weighted by molar-refractivity contribution is -0.147. The van der Waals surface area contributed by atoms with E-state index in [2.05, 4.69) is 10.2 Å². The third-order valence-electron chi connectivity index (χ3n) is 4.37. The number of esters is 1. The molecule has 1 aromatic heterocycles. The predicted molar refractivity (Wildman–Crippen MR) is 98.4 cm³/mol. The Balaban J connectivity index is 1.80. The van der Waals surface area contributed by atoms with Crippen LogP contribution < -0.4 is 0 Å². The quantitative estimate of drug-likeness (QED) is 0.482. The minimum absolute atomic E-state index is 0.0938. The first kappa shape index (κ1) is 17.8. The zero-order valence-electron chi connectivity index (χ0n) is 14.9. The van der Waals surface area contributed by atoms with E-state index in [1.807, 2.05) is 50.2 Å². The van der Waals surface area contributed by atoms with Crippen LogP contribution in [0.25, 0.3) is 16.7 Å². The molecule has 0 fully saturated rings. The van der Waals surface area contributed by atoms with E-state index in [1.54, 1.807) is 6.07 Å². The van der Waals surface area contributed by atoms with E-state index in [1.165, 1.54) is 4.80 Å². The van der Waals surface area contributed by atoms with Crippen LogP contribution in [0.1, 0.15) is 36.2 Å². The molecule has 0 amide bonds. The Morgan fingerprint density at radius 2 is 1.88 bits per heavy atom. The van der Waals surface area contributed by atoms with E-state index < -0.39 is 0 Å². The first-order valence-corrected chi connectivity index (χ1v) is 8.69. The number of aldehydes is 1. The fourth-order valence-corrected chi connectivity index (χ4v) is 2.56. The van der Waals surface area contributed by atoms with Gasteiger partial charge in [0, 0.05) is 12.0 Å². The molecular weight excluding hydrogens is 330 g/mol. The minimum Gasteiger partial charge on any atom is -0.465 e. The van der Waals surface area contributed by atoms with Gasteiger partial charge in [0.1, 0.15) is 11.0 Å². The number of carbonyl (C=O) groups is 2. The number of aromatic nitrogens is 3. The molecule has 134 valence electrons. The average Bonchev–Trinajstić information content (AvgIpc) is 3.11. The third-order valence-corrected chi connectivity index (χ3v) is 4.37. The van der Waals surface area contributed by atoms with Gasteiger partial charge in [-0.05, 0) is 36.2 Å². The molecule has 0 saturated carbocycles. The summed E-state index contributed by atoms with van der Waals surface area (Å²) in [6.45, 7) is 4.11. The molecular formula is C20H21N3O3. The van der Waals surface area contributed by atoms with Gasteiger partial charge in [-0.3, -0.25) is 9.59 Å². The van der Waals surface area contributed by atoms with Crippen molar-refractivity contribution in [1.29, 1.82) is 0 Å². The fraction of sp³-hybridized carbons (Fsp3) is 0.300. The normalized spacial score (nSPS) is 12.1. The van der Waals surface area contributed by atoms with Gasteiger partial charge in [-0.1, -0.05) is 32.0 Å². The Morgan fingerprint density at radius 3 is 2.50 bits per heavy atom. The lowest BCUT2D eigenvalue weighted by Crippen LogP contribution is -2.15. The molecule has 0 aliphatic carbocycles. The summed E-state index contributed by atoms with van der Waals surface area (Å²) in [5.74, 6) is -0.277. The first-order valence-electron chi connectivity index (χ1n) is 8.69. The zero-order chi connectivity index (χ0) is 18.5. The van der Waals surface area contributed by atoms with Gasteiger partial charge in [-0.2, -0.15) is 0 Å². The Bertz CT molecular complexity index is 900. The molecule has 0 aliphatic heterocycles. The second kappa shape index (κ2) is 7.91. The monoisotopic (exact) mass is 351 g/mol. The number of hydrogen-bond donors (Lipinski definition) is 0. The van der Waals surface area contributed by atoms with Gasteiger partial charge in [0.05, 0.1) is 18.2 Å². The van der Waals surface area contributed by atoms with Gasteiger partial charge in [-0.15, -0.1) is 15.0 Å². The molecule has 1 unspecified atom stereocenters. The van der Waals surface area contributed by atoms with Crippen molar-refractivity contribution in [3.8, 4) is 5.69 Å². The summed E-state index contributed by atoms with van der Waals surface area (Å²) in [6, 6.07) is 13.0. The van der Waals surface area contributed by atoms with E-state index in [0.29, 0.717) is 24.3 Å². The second-order valence-corrected chi connectivity index (χ2v) is 6.22. The van der Waals surface area contributed by atoms with E-state index in [0.717, 1.165) is 29.3 Å². The van der Waals surface area contributed by atoms with Gasteiger partial charge < -0.3 is 4.74 Å². The summed E-state index contributed by atoms with van der Waals surface area (Å²) in [5, 5.41) is 8.87. The summed E-state index contributed by atoms with van der Waals surface area (Å²) in [4.78, 5) is 24.6. The van der Waals surface area contributed by atoms with Crippen LogP contribution in [-0.2, 0) is 16.0 Å². The molecule has 1 heterocycles. The summed E-state index contributed by atoms with van der Waals surface area (Å²) in [5.41, 5.74) is 3.59. The Kier molecular flexibility index (Phi) is 5.41. The van der Waals surface area contributed by atoms with Crippen LogP contribution in [0.4, 0.5) is 0 Å². The van der Waals surface area contributed by atoms with Gasteiger partial charge >= 0.3 is 5.97 Å². The standard InChI is InChI=1S/C20H21N3O3/c1-3-14(2)20(25)26-11-10-15-8-9-16(13-24)19(12-15)23-21-17-6-4-5-7-18(17)22-23/h4-9,12-14H,3,10-11H2,1-2H3. The summed E-state index contributed by atoms with van der Waals surface area (Å²) in [7, 11) is 0. The van der Waals surface area contributed by atoms with Crippen molar-refractivity contribution in [3.63, 3.8) is 0 Å². The molecule has 0 bridgehead atoms. The molecule has 2 aromatic carbocycles. The minimum atomic E-state index is -0.183. The highest BCUT2D eigenvalue weighted by Gasteiger charge is 2.13. The van der Waals surface area contributed by atoms with Crippen LogP contribution in [0.3, 0.4) is 0 Å². The number of fused-ring (bicyclic) bond motifs is 1. The molecule has 0 N–H and O–H groups in total. The average molecular weight is 351 g/mol. The third kappa shape index (κ3) is 3.79. The van der Waals surface area contributed by atoms with Crippen molar-refractivity contribution >= 4 is 23.3 Å². The molecule has 0 aliphatic rings. The highest BCUT2D eigenvalue weighted by Crippen LogP contribution is 2.17. The van der Waals surface area contributed by atoms with E-state index in [-0.39, 0.29) is 11.9 Å². The maximum absolute atomic E-state index is 11.8. The summed E-state index contributed by atoms with van der Waals surface area (Å²) < 4.78 is 5.30. The number of carbonyl (C=O) groups excluding carboxylic acids is 2. The maximum Gasteiger partial charge on any atom is 0.308 e. The van der Waals surface area contributed by atoms with Crippen LogP contribution in [0, 0.1) is 5.92 Å². The number of benzene rings is 2. The van der Waals surface area contributed by atoms with Crippen molar-refractivity contribution in [2.75, 3.05) is 6.61 Å². The van der Waals surface area contributed by atoms with E-state index in [4.69, 9.17) is 4.74 Å². The molecule has 0 saturated heterocycles. The predicted octanol–water partition coefficient (Wildman–Crippen LogP) is 3.36. The molecule has 0 radical (unpaired) electrons. The largest absolute Gasteiger partial charge is 0.465 e. The highest BCUT2D eigenvalue weighted by molar-refractivity contribution is 5.81. The Hall–Kier alpha value is -3.02. The van der Waals surface area contributed by atoms with Gasteiger partial charge in [0.2, 0.25) is 0 Å². The van der Waals surface area contributed by atoms with E-state index >= 15 is 0 Å². The van der Waals surface area contributed by atoms with Gasteiger partial charge in [0.15, 0.2) is 6.29 Å². The lowest BCUT2D eigenvalue weighted by Gasteiger charge is -2.10. The summed E-state index contributed by atoms with van der Waals surface area (Å²) in [6.07, 6.45) is 2.11. The van der Waals surface area contributed by atoms with Crippen molar-refractivity contribution in [2.24, 2.45) is 5.92 Å². The Labute approximate surface area is 151 Å². The number of nitrogens with zero attached hydrogens (tertiary/aromatic N) is 3. The molecule has 3 aromatic rings. The maximum atomic E-state index is 11.8. The topological polar surface area (TPSA) is 74.1 Å². The van der Waals surface area contributed by atoms with Gasteiger partial charge in [-0.25, -0.2) is 0 Å². The SMILES string of the molecule is CCC(C)C(=O)OCCc1ccc(C=O)c(-n2nc3ccccc3n2)c1. The lowest BCUT2D eigenvalue weighted by atomic mass is 10.1. The molecule has 6 nitrogen and oxygen atoms in total.